The number of nitro groups is 1. The summed E-state index contributed by atoms with van der Waals surface area (Å²) in [5, 5.41) is 14.3. The topological polar surface area (TPSA) is 72.2 Å². The summed E-state index contributed by atoms with van der Waals surface area (Å²) in [6.07, 6.45) is 0. The Morgan fingerprint density at radius 1 is 1.04 bits per heavy atom. The second-order valence-corrected chi connectivity index (χ2v) is 7.65. The first-order valence-corrected chi connectivity index (χ1v) is 9.90. The van der Waals surface area contributed by atoms with Crippen molar-refractivity contribution in [3.05, 3.63) is 98.0 Å². The van der Waals surface area contributed by atoms with Crippen LogP contribution in [0.3, 0.4) is 0 Å². The minimum absolute atomic E-state index is 0.0259. The monoisotopic (exact) mass is 432 g/mol. The Balaban J connectivity index is 1.74. The van der Waals surface area contributed by atoms with Gasteiger partial charge in [0.1, 0.15) is 0 Å². The molecule has 0 aliphatic rings. The van der Waals surface area contributed by atoms with Crippen LogP contribution in [0.1, 0.15) is 15.9 Å². The SMILES string of the molecule is O=C(Nc1ccccc1SCc1ccc(Cl)cc1)c1ccc([N+](=O)[O-])cc1Cl. The van der Waals surface area contributed by atoms with Gasteiger partial charge in [0.05, 0.1) is 21.2 Å². The van der Waals surface area contributed by atoms with Gasteiger partial charge in [-0.2, -0.15) is 0 Å². The largest absolute Gasteiger partial charge is 0.321 e. The lowest BCUT2D eigenvalue weighted by atomic mass is 10.2. The van der Waals surface area contributed by atoms with Gasteiger partial charge in [-0.05, 0) is 35.9 Å². The summed E-state index contributed by atoms with van der Waals surface area (Å²) < 4.78 is 0. The number of nitro benzene ring substituents is 1. The molecule has 0 aliphatic heterocycles. The molecular weight excluding hydrogens is 419 g/mol. The van der Waals surface area contributed by atoms with E-state index in [-0.39, 0.29) is 16.3 Å². The number of carbonyl (C=O) groups excluding carboxylic acids is 1. The first-order chi connectivity index (χ1) is 13.4. The summed E-state index contributed by atoms with van der Waals surface area (Å²) in [7, 11) is 0. The van der Waals surface area contributed by atoms with E-state index < -0.39 is 10.8 Å². The van der Waals surface area contributed by atoms with Crippen molar-refractivity contribution < 1.29 is 9.72 Å². The standard InChI is InChI=1S/C20H14Cl2N2O3S/c21-14-7-5-13(6-8-14)12-28-19-4-2-1-3-18(19)23-20(25)16-10-9-15(24(26)27)11-17(16)22/h1-11H,12H2,(H,23,25). The average molecular weight is 433 g/mol. The molecule has 0 radical (unpaired) electrons. The number of nitrogens with one attached hydrogen (secondary N) is 1. The molecule has 0 bridgehead atoms. The highest BCUT2D eigenvalue weighted by Gasteiger charge is 2.16. The number of non-ortho nitro benzene ring substituents is 1. The van der Waals surface area contributed by atoms with Gasteiger partial charge >= 0.3 is 0 Å². The molecule has 1 N–H and O–H groups in total. The molecule has 5 nitrogen and oxygen atoms in total. The van der Waals surface area contributed by atoms with E-state index in [0.29, 0.717) is 16.5 Å². The molecule has 142 valence electrons. The Morgan fingerprint density at radius 3 is 2.43 bits per heavy atom. The number of carbonyl (C=O) groups is 1. The van der Waals surface area contributed by atoms with Crippen LogP contribution in [0.15, 0.2) is 71.6 Å². The van der Waals surface area contributed by atoms with E-state index in [2.05, 4.69) is 5.32 Å². The third kappa shape index (κ3) is 5.04. The molecule has 3 rings (SSSR count). The molecule has 1 amide bonds. The van der Waals surface area contributed by atoms with Crippen LogP contribution in [-0.4, -0.2) is 10.8 Å². The Hall–Kier alpha value is -2.54. The molecule has 28 heavy (non-hydrogen) atoms. The van der Waals surface area contributed by atoms with Crippen LogP contribution in [0, 0.1) is 10.1 Å². The first kappa shape index (κ1) is 20.2. The summed E-state index contributed by atoms with van der Waals surface area (Å²) in [5.74, 6) is 0.280. The lowest BCUT2D eigenvalue weighted by Gasteiger charge is -2.11. The molecule has 3 aromatic rings. The number of hydrogen-bond acceptors (Lipinski definition) is 4. The number of benzene rings is 3. The van der Waals surface area contributed by atoms with Gasteiger partial charge in [-0.25, -0.2) is 0 Å². The van der Waals surface area contributed by atoms with E-state index in [4.69, 9.17) is 23.2 Å². The molecule has 0 atom stereocenters. The van der Waals surface area contributed by atoms with Crippen molar-refractivity contribution >= 4 is 52.2 Å². The van der Waals surface area contributed by atoms with Gasteiger partial charge in [0.15, 0.2) is 0 Å². The van der Waals surface area contributed by atoms with Gasteiger partial charge in [0, 0.05) is 27.8 Å². The second-order valence-electron chi connectivity index (χ2n) is 5.79. The Kier molecular flexibility index (Phi) is 6.57. The van der Waals surface area contributed by atoms with Crippen molar-refractivity contribution in [2.75, 3.05) is 5.32 Å². The highest BCUT2D eigenvalue weighted by Crippen LogP contribution is 2.31. The zero-order chi connectivity index (χ0) is 20.1. The smallest absolute Gasteiger partial charge is 0.270 e. The van der Waals surface area contributed by atoms with Gasteiger partial charge in [0.25, 0.3) is 11.6 Å². The molecular formula is C20H14Cl2N2O3S. The fourth-order valence-electron chi connectivity index (χ4n) is 2.43. The molecule has 0 aromatic heterocycles. The molecule has 0 saturated carbocycles. The zero-order valence-electron chi connectivity index (χ0n) is 14.4. The Bertz CT molecular complexity index is 1030. The van der Waals surface area contributed by atoms with Crippen molar-refractivity contribution in [1.82, 2.24) is 0 Å². The highest BCUT2D eigenvalue weighted by atomic mass is 35.5. The van der Waals surface area contributed by atoms with Gasteiger partial charge < -0.3 is 5.32 Å². The normalized spacial score (nSPS) is 10.5. The van der Waals surface area contributed by atoms with Crippen molar-refractivity contribution in [2.45, 2.75) is 10.6 Å². The lowest BCUT2D eigenvalue weighted by Crippen LogP contribution is -2.13. The zero-order valence-corrected chi connectivity index (χ0v) is 16.7. The van der Waals surface area contributed by atoms with Gasteiger partial charge in [-0.1, -0.05) is 47.5 Å². The van der Waals surface area contributed by atoms with Gasteiger partial charge in [-0.3, -0.25) is 14.9 Å². The fourth-order valence-corrected chi connectivity index (χ4v) is 3.78. The van der Waals surface area contributed by atoms with E-state index >= 15 is 0 Å². The Labute approximate surface area is 175 Å². The van der Waals surface area contributed by atoms with Crippen LogP contribution in [0.5, 0.6) is 0 Å². The molecule has 3 aromatic carbocycles. The predicted octanol–water partition coefficient (Wildman–Crippen LogP) is 6.45. The van der Waals surface area contributed by atoms with E-state index in [1.165, 1.54) is 12.1 Å². The number of amides is 1. The van der Waals surface area contributed by atoms with E-state index in [1.807, 2.05) is 42.5 Å². The third-order valence-corrected chi connectivity index (χ3v) is 5.56. The molecule has 0 fully saturated rings. The molecule has 0 heterocycles. The maximum Gasteiger partial charge on any atom is 0.270 e. The highest BCUT2D eigenvalue weighted by molar-refractivity contribution is 7.98. The van der Waals surface area contributed by atoms with E-state index in [1.54, 1.807) is 17.8 Å². The molecule has 0 aliphatic carbocycles. The second kappa shape index (κ2) is 9.10. The average Bonchev–Trinajstić information content (AvgIpc) is 2.68. The Morgan fingerprint density at radius 2 is 1.75 bits per heavy atom. The van der Waals surface area contributed by atoms with E-state index in [9.17, 15) is 14.9 Å². The third-order valence-electron chi connectivity index (χ3n) is 3.85. The summed E-state index contributed by atoms with van der Waals surface area (Å²) in [6.45, 7) is 0. The van der Waals surface area contributed by atoms with Crippen LogP contribution < -0.4 is 5.32 Å². The first-order valence-electron chi connectivity index (χ1n) is 8.15. The van der Waals surface area contributed by atoms with Crippen LogP contribution in [0.4, 0.5) is 11.4 Å². The van der Waals surface area contributed by atoms with E-state index in [0.717, 1.165) is 16.5 Å². The van der Waals surface area contributed by atoms with Crippen LogP contribution in [0.25, 0.3) is 0 Å². The number of halogens is 2. The molecule has 0 unspecified atom stereocenters. The minimum atomic E-state index is -0.559. The number of hydrogen-bond donors (Lipinski definition) is 1. The number of nitrogens with zero attached hydrogens (tertiary/aromatic N) is 1. The molecule has 0 spiro atoms. The summed E-state index contributed by atoms with van der Waals surface area (Å²) in [5.41, 5.74) is 1.75. The van der Waals surface area contributed by atoms with Crippen LogP contribution in [0.2, 0.25) is 10.0 Å². The van der Waals surface area contributed by atoms with Gasteiger partial charge in [0.2, 0.25) is 0 Å². The minimum Gasteiger partial charge on any atom is -0.321 e. The maximum atomic E-state index is 12.6. The predicted molar refractivity (Wildman–Crippen MR) is 114 cm³/mol. The molecule has 8 heteroatoms. The van der Waals surface area contributed by atoms with Crippen molar-refractivity contribution in [2.24, 2.45) is 0 Å². The van der Waals surface area contributed by atoms with Crippen molar-refractivity contribution in [3.63, 3.8) is 0 Å². The number of thioether (sulfide) groups is 1. The molecule has 0 saturated heterocycles. The summed E-state index contributed by atoms with van der Waals surface area (Å²) >= 11 is 13.5. The van der Waals surface area contributed by atoms with Crippen LogP contribution in [-0.2, 0) is 5.75 Å². The summed E-state index contributed by atoms with van der Waals surface area (Å²) in [6, 6.07) is 18.7. The maximum absolute atomic E-state index is 12.6. The van der Waals surface area contributed by atoms with Crippen molar-refractivity contribution in [3.8, 4) is 0 Å². The van der Waals surface area contributed by atoms with Crippen molar-refractivity contribution in [1.29, 1.82) is 0 Å². The number of anilines is 1. The number of para-hydroxylation sites is 1. The summed E-state index contributed by atoms with van der Waals surface area (Å²) in [4.78, 5) is 23.7. The quantitative estimate of drug-likeness (QED) is 0.276. The fraction of sp³-hybridized carbons (Fsp3) is 0.0500. The number of rotatable bonds is 6. The van der Waals surface area contributed by atoms with Crippen LogP contribution >= 0.6 is 35.0 Å². The lowest BCUT2D eigenvalue weighted by molar-refractivity contribution is -0.384. The van der Waals surface area contributed by atoms with Gasteiger partial charge in [-0.15, -0.1) is 11.8 Å².